The van der Waals surface area contributed by atoms with Crippen molar-refractivity contribution in [1.29, 1.82) is 0 Å². The monoisotopic (exact) mass is 313 g/mol. The molecule has 1 heterocycles. The van der Waals surface area contributed by atoms with Gasteiger partial charge in [0, 0.05) is 6.07 Å². The quantitative estimate of drug-likeness (QED) is 0.855. The summed E-state index contributed by atoms with van der Waals surface area (Å²) in [6, 6.07) is 10.7. The number of nitrogens with zero attached hydrogens (tertiary/aromatic N) is 1. The molecule has 3 N–H and O–H groups in total. The van der Waals surface area contributed by atoms with Crippen molar-refractivity contribution >= 4 is 11.6 Å². The van der Waals surface area contributed by atoms with Gasteiger partial charge < -0.3 is 15.8 Å². The summed E-state index contributed by atoms with van der Waals surface area (Å²) in [5, 5.41) is 2.77. The first kappa shape index (κ1) is 17.0. The summed E-state index contributed by atoms with van der Waals surface area (Å²) >= 11 is 0. The number of hydrogen-bond acceptors (Lipinski definition) is 4. The molecule has 1 amide bonds. The van der Waals surface area contributed by atoms with Crippen LogP contribution in [0.5, 0.6) is 11.6 Å². The van der Waals surface area contributed by atoms with Gasteiger partial charge in [0.25, 0.3) is 0 Å². The Hall–Kier alpha value is -2.40. The Morgan fingerprint density at radius 2 is 1.96 bits per heavy atom. The van der Waals surface area contributed by atoms with E-state index in [0.717, 1.165) is 12.2 Å². The maximum Gasteiger partial charge on any atom is 0.241 e. The van der Waals surface area contributed by atoms with E-state index in [1.807, 2.05) is 45.0 Å². The van der Waals surface area contributed by atoms with Crippen LogP contribution >= 0.6 is 0 Å². The molecule has 1 aromatic carbocycles. The highest BCUT2D eigenvalue weighted by molar-refractivity contribution is 5.94. The summed E-state index contributed by atoms with van der Waals surface area (Å²) in [6.07, 6.45) is 2.42. The van der Waals surface area contributed by atoms with E-state index in [0.29, 0.717) is 11.6 Å². The van der Waals surface area contributed by atoms with Gasteiger partial charge in [0.2, 0.25) is 11.8 Å². The molecule has 0 fully saturated rings. The van der Waals surface area contributed by atoms with Crippen LogP contribution in [0.1, 0.15) is 25.8 Å². The number of anilines is 1. The van der Waals surface area contributed by atoms with Gasteiger partial charge in [-0.25, -0.2) is 4.98 Å². The summed E-state index contributed by atoms with van der Waals surface area (Å²) in [5.41, 5.74) is 7.68. The second kappa shape index (κ2) is 7.74. The number of rotatable bonds is 6. The second-order valence-corrected chi connectivity index (χ2v) is 5.70. The number of hydrogen-bond donors (Lipinski definition) is 2. The number of pyridine rings is 1. The van der Waals surface area contributed by atoms with Crippen LogP contribution in [0.3, 0.4) is 0 Å². The van der Waals surface area contributed by atoms with Gasteiger partial charge in [-0.15, -0.1) is 0 Å². The van der Waals surface area contributed by atoms with E-state index in [4.69, 9.17) is 10.5 Å². The summed E-state index contributed by atoms with van der Waals surface area (Å²) in [7, 11) is 0. The van der Waals surface area contributed by atoms with Crippen molar-refractivity contribution in [2.45, 2.75) is 33.2 Å². The van der Waals surface area contributed by atoms with E-state index in [1.165, 1.54) is 5.56 Å². The molecule has 23 heavy (non-hydrogen) atoms. The van der Waals surface area contributed by atoms with E-state index in [9.17, 15) is 4.79 Å². The van der Waals surface area contributed by atoms with Gasteiger partial charge in [-0.3, -0.25) is 4.79 Å². The Kier molecular flexibility index (Phi) is 5.71. The van der Waals surface area contributed by atoms with Gasteiger partial charge in [0.15, 0.2) is 0 Å². The van der Waals surface area contributed by atoms with Crippen molar-refractivity contribution in [2.24, 2.45) is 11.7 Å². The SMILES string of the molecule is CCC(C)C(N)C(=O)Nc1ccc(Oc2ccc(C)cc2)nc1. The number of nitrogens with two attached hydrogens (primary N) is 1. The minimum Gasteiger partial charge on any atom is -0.439 e. The molecule has 1 aromatic heterocycles. The van der Waals surface area contributed by atoms with E-state index >= 15 is 0 Å². The van der Waals surface area contributed by atoms with Crippen LogP contribution in [-0.2, 0) is 4.79 Å². The minimum absolute atomic E-state index is 0.132. The summed E-state index contributed by atoms with van der Waals surface area (Å²) in [6.45, 7) is 5.99. The molecule has 0 aliphatic rings. The van der Waals surface area contributed by atoms with E-state index in [-0.39, 0.29) is 11.8 Å². The predicted molar refractivity (Wildman–Crippen MR) is 91.6 cm³/mol. The molecule has 0 radical (unpaired) electrons. The highest BCUT2D eigenvalue weighted by Gasteiger charge is 2.19. The van der Waals surface area contributed by atoms with Gasteiger partial charge in [-0.05, 0) is 31.0 Å². The molecule has 2 atom stereocenters. The number of carbonyl (C=O) groups excluding carboxylic acids is 1. The van der Waals surface area contributed by atoms with Gasteiger partial charge >= 0.3 is 0 Å². The van der Waals surface area contributed by atoms with Crippen LogP contribution < -0.4 is 15.8 Å². The zero-order valence-electron chi connectivity index (χ0n) is 13.7. The molecule has 5 nitrogen and oxygen atoms in total. The third kappa shape index (κ3) is 4.79. The first-order chi connectivity index (χ1) is 11.0. The fourth-order valence-corrected chi connectivity index (χ4v) is 1.98. The van der Waals surface area contributed by atoms with Crippen LogP contribution in [0, 0.1) is 12.8 Å². The molecule has 122 valence electrons. The molecular formula is C18H23N3O2. The highest BCUT2D eigenvalue weighted by atomic mass is 16.5. The smallest absolute Gasteiger partial charge is 0.241 e. The standard InChI is InChI=1S/C18H23N3O2/c1-4-13(3)17(19)18(22)21-14-7-10-16(20-11-14)23-15-8-5-12(2)6-9-15/h5-11,13,17H,4,19H2,1-3H3,(H,21,22). The van der Waals surface area contributed by atoms with Gasteiger partial charge in [0.05, 0.1) is 17.9 Å². The third-order valence-corrected chi connectivity index (χ3v) is 3.81. The number of carbonyl (C=O) groups is 1. The summed E-state index contributed by atoms with van der Waals surface area (Å²) in [4.78, 5) is 16.2. The van der Waals surface area contributed by atoms with Crippen molar-refractivity contribution in [3.63, 3.8) is 0 Å². The fourth-order valence-electron chi connectivity index (χ4n) is 1.98. The van der Waals surface area contributed by atoms with Crippen LogP contribution in [0.2, 0.25) is 0 Å². The van der Waals surface area contributed by atoms with Crippen molar-refractivity contribution in [3.8, 4) is 11.6 Å². The molecule has 0 aliphatic carbocycles. The Bertz CT molecular complexity index is 638. The van der Waals surface area contributed by atoms with Crippen LogP contribution in [0.4, 0.5) is 5.69 Å². The zero-order chi connectivity index (χ0) is 16.8. The average molecular weight is 313 g/mol. The van der Waals surface area contributed by atoms with Crippen molar-refractivity contribution < 1.29 is 9.53 Å². The maximum atomic E-state index is 12.0. The lowest BCUT2D eigenvalue weighted by atomic mass is 9.99. The molecular weight excluding hydrogens is 290 g/mol. The normalized spacial score (nSPS) is 13.2. The molecule has 2 rings (SSSR count). The summed E-state index contributed by atoms with van der Waals surface area (Å²) < 4.78 is 5.65. The van der Waals surface area contributed by atoms with Gasteiger partial charge in [0.1, 0.15) is 5.75 Å². The van der Waals surface area contributed by atoms with E-state index in [1.54, 1.807) is 18.3 Å². The topological polar surface area (TPSA) is 77.2 Å². The Morgan fingerprint density at radius 3 is 2.52 bits per heavy atom. The molecule has 0 bridgehead atoms. The summed E-state index contributed by atoms with van der Waals surface area (Å²) in [5.74, 6) is 1.12. The molecule has 0 spiro atoms. The van der Waals surface area contributed by atoms with Gasteiger partial charge in [-0.2, -0.15) is 0 Å². The largest absolute Gasteiger partial charge is 0.439 e. The number of aryl methyl sites for hydroxylation is 1. The molecule has 2 aromatic rings. The second-order valence-electron chi connectivity index (χ2n) is 5.70. The first-order valence-electron chi connectivity index (χ1n) is 7.76. The average Bonchev–Trinajstić information content (AvgIpc) is 2.57. The van der Waals surface area contributed by atoms with E-state index < -0.39 is 6.04 Å². The lowest BCUT2D eigenvalue weighted by molar-refractivity contribution is -0.118. The van der Waals surface area contributed by atoms with Crippen molar-refractivity contribution in [2.75, 3.05) is 5.32 Å². The minimum atomic E-state index is -0.525. The third-order valence-electron chi connectivity index (χ3n) is 3.81. The predicted octanol–water partition coefficient (Wildman–Crippen LogP) is 3.49. The van der Waals surface area contributed by atoms with Crippen LogP contribution in [0.25, 0.3) is 0 Å². The molecule has 5 heteroatoms. The Balaban J connectivity index is 1.96. The van der Waals surface area contributed by atoms with E-state index in [2.05, 4.69) is 10.3 Å². The number of amides is 1. The number of benzene rings is 1. The lowest BCUT2D eigenvalue weighted by Crippen LogP contribution is -2.40. The van der Waals surface area contributed by atoms with Gasteiger partial charge in [-0.1, -0.05) is 38.0 Å². The molecule has 0 aliphatic heterocycles. The zero-order valence-corrected chi connectivity index (χ0v) is 13.7. The Labute approximate surface area is 136 Å². The Morgan fingerprint density at radius 1 is 1.26 bits per heavy atom. The van der Waals surface area contributed by atoms with Crippen LogP contribution in [-0.4, -0.2) is 16.9 Å². The van der Waals surface area contributed by atoms with Crippen molar-refractivity contribution in [1.82, 2.24) is 4.98 Å². The maximum absolute atomic E-state index is 12.0. The lowest BCUT2D eigenvalue weighted by Gasteiger charge is -2.17. The molecule has 2 unspecified atom stereocenters. The van der Waals surface area contributed by atoms with Crippen molar-refractivity contribution in [3.05, 3.63) is 48.2 Å². The number of aromatic nitrogens is 1. The number of ether oxygens (including phenoxy) is 1. The fraction of sp³-hybridized carbons (Fsp3) is 0.333. The number of nitrogens with one attached hydrogen (secondary N) is 1. The highest BCUT2D eigenvalue weighted by Crippen LogP contribution is 2.21. The first-order valence-corrected chi connectivity index (χ1v) is 7.76. The van der Waals surface area contributed by atoms with Crippen LogP contribution in [0.15, 0.2) is 42.6 Å². The molecule has 0 saturated carbocycles. The molecule has 0 saturated heterocycles.